The van der Waals surface area contributed by atoms with E-state index in [0.29, 0.717) is 24.6 Å². The molecule has 0 saturated carbocycles. The van der Waals surface area contributed by atoms with Crippen LogP contribution < -0.4 is 0 Å². The maximum atomic E-state index is 12.6. The highest BCUT2D eigenvalue weighted by Crippen LogP contribution is 2.23. The third-order valence-electron chi connectivity index (χ3n) is 5.11. The van der Waals surface area contributed by atoms with Gasteiger partial charge in [0.2, 0.25) is 10.0 Å². The average molecular weight is 366 g/mol. The maximum Gasteiger partial charge on any atom is 0.253 e. The molecule has 1 aromatic rings. The third-order valence-corrected chi connectivity index (χ3v) is 7.02. The first-order valence-corrected chi connectivity index (χ1v) is 10.3. The summed E-state index contributed by atoms with van der Waals surface area (Å²) in [5.41, 5.74) is 0.547. The quantitative estimate of drug-likeness (QED) is 0.799. The Hall–Kier alpha value is -1.44. The van der Waals surface area contributed by atoms with Crippen LogP contribution in [-0.4, -0.2) is 63.4 Å². The summed E-state index contributed by atoms with van der Waals surface area (Å²) >= 11 is 0. The van der Waals surface area contributed by atoms with Crippen molar-refractivity contribution in [3.05, 3.63) is 29.8 Å². The van der Waals surface area contributed by atoms with Gasteiger partial charge in [-0.2, -0.15) is 4.31 Å². The Kier molecular flexibility index (Phi) is 5.76. The first-order valence-electron chi connectivity index (χ1n) is 8.91. The van der Waals surface area contributed by atoms with Crippen LogP contribution in [0.5, 0.6) is 0 Å². The topological polar surface area (TPSA) is 66.9 Å². The van der Waals surface area contributed by atoms with Gasteiger partial charge in [0.05, 0.1) is 4.90 Å². The van der Waals surface area contributed by atoms with E-state index in [4.69, 9.17) is 4.74 Å². The minimum absolute atomic E-state index is 0.0269. The van der Waals surface area contributed by atoms with E-state index < -0.39 is 10.0 Å². The SMILES string of the molecule is COCC1CCN(C(=O)c2ccc(S(=O)(=O)N3CCCC3)cc2)CC1. The number of ether oxygens (including phenoxy) is 1. The van der Waals surface area contributed by atoms with Crippen LogP contribution in [0, 0.1) is 5.92 Å². The van der Waals surface area contributed by atoms with Crippen LogP contribution in [0.4, 0.5) is 0 Å². The van der Waals surface area contributed by atoms with Crippen LogP contribution in [0.25, 0.3) is 0 Å². The summed E-state index contributed by atoms with van der Waals surface area (Å²) in [4.78, 5) is 14.7. The summed E-state index contributed by atoms with van der Waals surface area (Å²) in [5.74, 6) is 0.489. The molecule has 3 rings (SSSR count). The second kappa shape index (κ2) is 7.85. The smallest absolute Gasteiger partial charge is 0.253 e. The zero-order valence-electron chi connectivity index (χ0n) is 14.7. The molecule has 2 aliphatic heterocycles. The zero-order valence-corrected chi connectivity index (χ0v) is 15.5. The number of hydrogen-bond donors (Lipinski definition) is 0. The van der Waals surface area contributed by atoms with Crippen molar-refractivity contribution in [3.63, 3.8) is 0 Å². The highest BCUT2D eigenvalue weighted by molar-refractivity contribution is 7.89. The van der Waals surface area contributed by atoms with Crippen molar-refractivity contribution in [2.45, 2.75) is 30.6 Å². The first kappa shape index (κ1) is 18.4. The molecule has 138 valence electrons. The van der Waals surface area contributed by atoms with E-state index in [2.05, 4.69) is 0 Å². The van der Waals surface area contributed by atoms with Crippen molar-refractivity contribution >= 4 is 15.9 Å². The van der Waals surface area contributed by atoms with Gasteiger partial charge in [0.25, 0.3) is 5.91 Å². The number of sulfonamides is 1. The summed E-state index contributed by atoms with van der Waals surface area (Å²) in [5, 5.41) is 0. The summed E-state index contributed by atoms with van der Waals surface area (Å²) in [6, 6.07) is 6.37. The highest BCUT2D eigenvalue weighted by atomic mass is 32.2. The monoisotopic (exact) mass is 366 g/mol. The Morgan fingerprint density at radius 2 is 1.68 bits per heavy atom. The molecule has 2 heterocycles. The third kappa shape index (κ3) is 4.04. The molecule has 7 heteroatoms. The number of nitrogens with zero attached hydrogens (tertiary/aromatic N) is 2. The lowest BCUT2D eigenvalue weighted by atomic mass is 9.97. The summed E-state index contributed by atoms with van der Waals surface area (Å²) in [7, 11) is -1.72. The van der Waals surface area contributed by atoms with E-state index >= 15 is 0 Å². The lowest BCUT2D eigenvalue weighted by Crippen LogP contribution is -2.39. The minimum atomic E-state index is -3.43. The van der Waals surface area contributed by atoms with Crippen LogP contribution in [0.1, 0.15) is 36.0 Å². The molecule has 0 aliphatic carbocycles. The van der Waals surface area contributed by atoms with Crippen LogP contribution in [-0.2, 0) is 14.8 Å². The highest BCUT2D eigenvalue weighted by Gasteiger charge is 2.28. The van der Waals surface area contributed by atoms with Crippen LogP contribution in [0.3, 0.4) is 0 Å². The van der Waals surface area contributed by atoms with E-state index in [9.17, 15) is 13.2 Å². The molecule has 0 N–H and O–H groups in total. The Bertz CT molecular complexity index is 688. The average Bonchev–Trinajstić information content (AvgIpc) is 3.18. The van der Waals surface area contributed by atoms with Gasteiger partial charge < -0.3 is 9.64 Å². The minimum Gasteiger partial charge on any atom is -0.384 e. The van der Waals surface area contributed by atoms with Crippen molar-refractivity contribution in [2.75, 3.05) is 39.9 Å². The molecule has 2 fully saturated rings. The largest absolute Gasteiger partial charge is 0.384 e. The predicted octanol–water partition coefficient (Wildman–Crippen LogP) is 1.97. The number of piperidine rings is 1. The number of carbonyl (C=O) groups is 1. The van der Waals surface area contributed by atoms with Gasteiger partial charge in [-0.3, -0.25) is 4.79 Å². The lowest BCUT2D eigenvalue weighted by Gasteiger charge is -2.31. The fourth-order valence-electron chi connectivity index (χ4n) is 3.57. The van der Waals surface area contributed by atoms with Crippen LogP contribution >= 0.6 is 0 Å². The number of likely N-dealkylation sites (tertiary alicyclic amines) is 1. The molecule has 6 nitrogen and oxygen atoms in total. The molecule has 25 heavy (non-hydrogen) atoms. The maximum absolute atomic E-state index is 12.6. The Morgan fingerprint density at radius 1 is 1.08 bits per heavy atom. The predicted molar refractivity (Wildman–Crippen MR) is 94.9 cm³/mol. The normalized spacial score (nSPS) is 20.1. The molecule has 0 unspecified atom stereocenters. The number of amides is 1. The zero-order chi connectivity index (χ0) is 17.9. The summed E-state index contributed by atoms with van der Waals surface area (Å²) < 4.78 is 31.8. The molecular formula is C18H26N2O4S. The van der Waals surface area contributed by atoms with Crippen molar-refractivity contribution in [1.82, 2.24) is 9.21 Å². The van der Waals surface area contributed by atoms with Gasteiger partial charge in [0.1, 0.15) is 0 Å². The van der Waals surface area contributed by atoms with Crippen molar-refractivity contribution in [2.24, 2.45) is 5.92 Å². The molecule has 2 saturated heterocycles. The van der Waals surface area contributed by atoms with E-state index in [1.165, 1.54) is 4.31 Å². The number of rotatable bonds is 5. The summed E-state index contributed by atoms with van der Waals surface area (Å²) in [6.07, 6.45) is 3.71. The first-order chi connectivity index (χ1) is 12.0. The molecule has 2 aliphatic rings. The molecule has 1 amide bonds. The van der Waals surface area contributed by atoms with Crippen LogP contribution in [0.15, 0.2) is 29.2 Å². The van der Waals surface area contributed by atoms with Gasteiger partial charge in [-0.15, -0.1) is 0 Å². The van der Waals surface area contributed by atoms with Gasteiger partial charge in [0.15, 0.2) is 0 Å². The van der Waals surface area contributed by atoms with Crippen molar-refractivity contribution in [3.8, 4) is 0 Å². The molecular weight excluding hydrogens is 340 g/mol. The number of hydrogen-bond acceptors (Lipinski definition) is 4. The molecule has 0 bridgehead atoms. The van der Waals surface area contributed by atoms with E-state index in [-0.39, 0.29) is 10.8 Å². The van der Waals surface area contributed by atoms with Gasteiger partial charge in [-0.05, 0) is 55.9 Å². The Labute approximate surface area is 149 Å². The van der Waals surface area contributed by atoms with E-state index in [1.54, 1.807) is 31.4 Å². The second-order valence-electron chi connectivity index (χ2n) is 6.83. The Morgan fingerprint density at radius 3 is 2.24 bits per heavy atom. The van der Waals surface area contributed by atoms with Crippen molar-refractivity contribution in [1.29, 1.82) is 0 Å². The van der Waals surface area contributed by atoms with Crippen LogP contribution in [0.2, 0.25) is 0 Å². The second-order valence-corrected chi connectivity index (χ2v) is 8.76. The van der Waals surface area contributed by atoms with E-state index in [1.807, 2.05) is 4.90 Å². The molecule has 0 aromatic heterocycles. The molecule has 0 radical (unpaired) electrons. The van der Waals surface area contributed by atoms with Gasteiger partial charge in [-0.25, -0.2) is 8.42 Å². The summed E-state index contributed by atoms with van der Waals surface area (Å²) in [6.45, 7) is 3.35. The van der Waals surface area contributed by atoms with Gasteiger partial charge in [0, 0.05) is 45.5 Å². The van der Waals surface area contributed by atoms with Crippen molar-refractivity contribution < 1.29 is 17.9 Å². The van der Waals surface area contributed by atoms with Gasteiger partial charge in [-0.1, -0.05) is 0 Å². The fourth-order valence-corrected chi connectivity index (χ4v) is 5.09. The standard InChI is InChI=1S/C18H26N2O4S/c1-24-14-15-8-12-19(13-9-15)18(21)16-4-6-17(7-5-16)25(22,23)20-10-2-3-11-20/h4-7,15H,2-3,8-14H2,1H3. The lowest BCUT2D eigenvalue weighted by molar-refractivity contribution is 0.0613. The number of benzene rings is 1. The van der Waals surface area contributed by atoms with E-state index in [0.717, 1.165) is 45.4 Å². The van der Waals surface area contributed by atoms with Gasteiger partial charge >= 0.3 is 0 Å². The molecule has 0 spiro atoms. The number of carbonyl (C=O) groups excluding carboxylic acids is 1. The molecule has 1 aromatic carbocycles. The fraction of sp³-hybridized carbons (Fsp3) is 0.611. The molecule has 0 atom stereocenters. The Balaban J connectivity index is 1.65. The number of methoxy groups -OCH3 is 1.